The maximum Gasteiger partial charge on any atom is 0.311 e. The molecule has 0 aromatic heterocycles. The predicted molar refractivity (Wildman–Crippen MR) is 65.7 cm³/mol. The van der Waals surface area contributed by atoms with Gasteiger partial charge in [0.15, 0.2) is 0 Å². The highest BCUT2D eigenvalue weighted by atomic mass is 79.9. The van der Waals surface area contributed by atoms with Crippen LogP contribution in [-0.2, 0) is 4.79 Å². The molecule has 1 amide bonds. The van der Waals surface area contributed by atoms with E-state index in [1.54, 1.807) is 6.07 Å². The Balaban J connectivity index is 2.05. The summed E-state index contributed by atoms with van der Waals surface area (Å²) in [6, 6.07) is 4.40. The number of carboxylic acids is 1. The summed E-state index contributed by atoms with van der Waals surface area (Å²) in [5.74, 6) is -2.16. The van der Waals surface area contributed by atoms with E-state index in [-0.39, 0.29) is 16.6 Å². The number of hydrogen-bond acceptors (Lipinski definition) is 2. The van der Waals surface area contributed by atoms with E-state index in [1.165, 1.54) is 12.1 Å². The van der Waals surface area contributed by atoms with Crippen molar-refractivity contribution in [3.63, 3.8) is 0 Å². The van der Waals surface area contributed by atoms with E-state index < -0.39 is 23.1 Å². The molecule has 0 aliphatic heterocycles. The van der Waals surface area contributed by atoms with Crippen LogP contribution in [0.5, 0.6) is 0 Å². The number of rotatable bonds is 4. The molecular weight excluding hydrogens is 305 g/mol. The largest absolute Gasteiger partial charge is 0.481 e. The van der Waals surface area contributed by atoms with Crippen molar-refractivity contribution in [1.29, 1.82) is 0 Å². The van der Waals surface area contributed by atoms with E-state index in [1.807, 2.05) is 0 Å². The average molecular weight is 316 g/mol. The molecule has 0 unspecified atom stereocenters. The number of hydrogen-bond donors (Lipinski definition) is 2. The smallest absolute Gasteiger partial charge is 0.311 e. The number of nitrogens with one attached hydrogen (secondary N) is 1. The molecule has 4 nitrogen and oxygen atoms in total. The van der Waals surface area contributed by atoms with Crippen molar-refractivity contribution in [1.82, 2.24) is 5.32 Å². The number of amides is 1. The third kappa shape index (κ3) is 2.38. The first kappa shape index (κ1) is 13.0. The van der Waals surface area contributed by atoms with Crippen LogP contribution in [0.25, 0.3) is 0 Å². The highest BCUT2D eigenvalue weighted by Crippen LogP contribution is 2.45. The van der Waals surface area contributed by atoms with Crippen molar-refractivity contribution in [3.05, 3.63) is 34.1 Å². The average Bonchev–Trinajstić information content (AvgIpc) is 3.11. The molecule has 1 aliphatic rings. The molecule has 0 radical (unpaired) electrons. The minimum atomic E-state index is -0.919. The maximum atomic E-state index is 13.6. The fourth-order valence-corrected chi connectivity index (χ4v) is 2.01. The van der Waals surface area contributed by atoms with Crippen LogP contribution in [0.3, 0.4) is 0 Å². The van der Waals surface area contributed by atoms with E-state index in [2.05, 4.69) is 21.2 Å². The summed E-state index contributed by atoms with van der Waals surface area (Å²) in [6.07, 6.45) is 1.09. The molecule has 0 heterocycles. The molecule has 1 aliphatic carbocycles. The summed E-state index contributed by atoms with van der Waals surface area (Å²) in [7, 11) is 0. The van der Waals surface area contributed by atoms with Gasteiger partial charge in [0.1, 0.15) is 5.82 Å². The number of carboxylic acid groups (broad SMARTS) is 1. The molecule has 18 heavy (non-hydrogen) atoms. The van der Waals surface area contributed by atoms with Crippen LogP contribution in [0.2, 0.25) is 0 Å². The third-order valence-corrected chi connectivity index (χ3v) is 3.70. The lowest BCUT2D eigenvalue weighted by Crippen LogP contribution is -2.34. The van der Waals surface area contributed by atoms with E-state index in [9.17, 15) is 14.0 Å². The van der Waals surface area contributed by atoms with E-state index in [4.69, 9.17) is 5.11 Å². The lowest BCUT2D eigenvalue weighted by atomic mass is 10.1. The van der Waals surface area contributed by atoms with Crippen molar-refractivity contribution < 1.29 is 19.1 Å². The molecule has 96 valence electrons. The number of aliphatic carboxylic acids is 1. The van der Waals surface area contributed by atoms with Crippen molar-refractivity contribution >= 4 is 27.8 Å². The molecule has 0 atom stereocenters. The van der Waals surface area contributed by atoms with Crippen molar-refractivity contribution in [3.8, 4) is 0 Å². The van der Waals surface area contributed by atoms with Crippen LogP contribution < -0.4 is 5.32 Å². The normalized spacial score (nSPS) is 16.1. The zero-order valence-electron chi connectivity index (χ0n) is 9.37. The topological polar surface area (TPSA) is 66.4 Å². The van der Waals surface area contributed by atoms with Gasteiger partial charge in [-0.2, -0.15) is 0 Å². The Bertz CT molecular complexity index is 514. The van der Waals surface area contributed by atoms with Gasteiger partial charge in [0.05, 0.1) is 15.5 Å². The Morgan fingerprint density at radius 1 is 1.44 bits per heavy atom. The number of halogens is 2. The second kappa shape index (κ2) is 4.68. The molecule has 1 fully saturated rings. The molecule has 1 aromatic carbocycles. The first-order chi connectivity index (χ1) is 8.46. The summed E-state index contributed by atoms with van der Waals surface area (Å²) in [5, 5.41) is 11.4. The first-order valence-electron chi connectivity index (χ1n) is 5.42. The minimum absolute atomic E-state index is 0.0348. The highest BCUT2D eigenvalue weighted by molar-refractivity contribution is 9.10. The van der Waals surface area contributed by atoms with Crippen LogP contribution in [0.4, 0.5) is 4.39 Å². The Kier molecular flexibility index (Phi) is 3.38. The molecular formula is C12H11BrFNO3. The summed E-state index contributed by atoms with van der Waals surface area (Å²) < 4.78 is 13.8. The van der Waals surface area contributed by atoms with Gasteiger partial charge < -0.3 is 10.4 Å². The maximum absolute atomic E-state index is 13.6. The van der Waals surface area contributed by atoms with Crippen molar-refractivity contribution in [2.45, 2.75) is 12.8 Å². The lowest BCUT2D eigenvalue weighted by molar-refractivity contribution is -0.143. The Morgan fingerprint density at radius 3 is 2.67 bits per heavy atom. The van der Waals surface area contributed by atoms with E-state index >= 15 is 0 Å². The van der Waals surface area contributed by atoms with Crippen LogP contribution in [-0.4, -0.2) is 23.5 Å². The standard InChI is InChI=1S/C12H11BrFNO3/c13-8-3-1-2-7(9(8)14)10(16)15-6-12(4-5-12)11(17)18/h1-3H,4-6H2,(H,15,16)(H,17,18). The monoisotopic (exact) mass is 315 g/mol. The predicted octanol–water partition coefficient (Wildman–Crippen LogP) is 2.18. The number of benzene rings is 1. The first-order valence-corrected chi connectivity index (χ1v) is 6.21. The van der Waals surface area contributed by atoms with E-state index in [0.29, 0.717) is 12.8 Å². The second-order valence-electron chi connectivity index (χ2n) is 4.37. The van der Waals surface area contributed by atoms with Crippen molar-refractivity contribution in [2.24, 2.45) is 5.41 Å². The second-order valence-corrected chi connectivity index (χ2v) is 5.22. The van der Waals surface area contributed by atoms with Crippen LogP contribution in [0.15, 0.2) is 22.7 Å². The summed E-state index contributed by atoms with van der Waals surface area (Å²) in [4.78, 5) is 22.7. The molecule has 6 heteroatoms. The fraction of sp³-hybridized carbons (Fsp3) is 0.333. The summed E-state index contributed by atoms with van der Waals surface area (Å²) in [5.41, 5.74) is -0.941. The quantitative estimate of drug-likeness (QED) is 0.895. The van der Waals surface area contributed by atoms with Crippen LogP contribution in [0.1, 0.15) is 23.2 Å². The van der Waals surface area contributed by atoms with Gasteiger partial charge in [-0.15, -0.1) is 0 Å². The van der Waals surface area contributed by atoms with Gasteiger partial charge in [-0.25, -0.2) is 4.39 Å². The Hall–Kier alpha value is -1.43. The zero-order valence-corrected chi connectivity index (χ0v) is 11.0. The van der Waals surface area contributed by atoms with Gasteiger partial charge in [-0.05, 0) is 40.9 Å². The van der Waals surface area contributed by atoms with Crippen molar-refractivity contribution in [2.75, 3.05) is 6.54 Å². The fourth-order valence-electron chi connectivity index (χ4n) is 1.64. The molecule has 1 saturated carbocycles. The number of carbonyl (C=O) groups excluding carboxylic acids is 1. The Morgan fingerprint density at radius 2 is 2.11 bits per heavy atom. The molecule has 2 rings (SSSR count). The molecule has 1 aromatic rings. The lowest BCUT2D eigenvalue weighted by Gasteiger charge is -2.11. The summed E-state index contributed by atoms with van der Waals surface area (Å²) in [6.45, 7) is 0.0348. The van der Waals surface area contributed by atoms with Crippen LogP contribution >= 0.6 is 15.9 Å². The molecule has 0 bridgehead atoms. The van der Waals surface area contributed by atoms with Gasteiger partial charge in [-0.1, -0.05) is 6.07 Å². The number of carbonyl (C=O) groups is 2. The highest BCUT2D eigenvalue weighted by Gasteiger charge is 2.50. The van der Waals surface area contributed by atoms with Gasteiger partial charge in [-0.3, -0.25) is 9.59 Å². The molecule has 0 saturated heterocycles. The van der Waals surface area contributed by atoms with Gasteiger partial charge in [0, 0.05) is 6.54 Å². The zero-order chi connectivity index (χ0) is 13.3. The molecule has 0 spiro atoms. The molecule has 2 N–H and O–H groups in total. The minimum Gasteiger partial charge on any atom is -0.481 e. The van der Waals surface area contributed by atoms with Crippen LogP contribution in [0, 0.1) is 11.2 Å². The third-order valence-electron chi connectivity index (χ3n) is 3.09. The van der Waals surface area contributed by atoms with E-state index in [0.717, 1.165) is 0 Å². The van der Waals surface area contributed by atoms with Gasteiger partial charge in [0.25, 0.3) is 5.91 Å². The van der Waals surface area contributed by atoms with Gasteiger partial charge in [0.2, 0.25) is 0 Å². The SMILES string of the molecule is O=C(NCC1(C(=O)O)CC1)c1cccc(Br)c1F. The van der Waals surface area contributed by atoms with Gasteiger partial charge >= 0.3 is 5.97 Å². The summed E-state index contributed by atoms with van der Waals surface area (Å²) >= 11 is 2.99. The Labute approximate surface area is 111 Å².